The fraction of sp³-hybridized carbons (Fsp3) is 0.375. The number of nitrogens with one attached hydrogen (secondary N) is 1. The van der Waals surface area contributed by atoms with E-state index in [1.165, 1.54) is 12.3 Å². The molecule has 0 spiro atoms. The minimum absolute atomic E-state index is 0.0139. The molecule has 0 saturated carbocycles. The molecule has 0 radical (unpaired) electrons. The van der Waals surface area contributed by atoms with E-state index in [4.69, 9.17) is 5.84 Å². The van der Waals surface area contributed by atoms with Crippen molar-refractivity contribution in [1.29, 1.82) is 0 Å². The predicted octanol–water partition coefficient (Wildman–Crippen LogP) is 1.46. The Bertz CT molecular complexity index is 311. The summed E-state index contributed by atoms with van der Waals surface area (Å²) in [5.41, 5.74) is 2.39. The average Bonchev–Trinajstić information content (AvgIpc) is 2.02. The molecule has 1 aromatic rings. The lowest BCUT2D eigenvalue weighted by molar-refractivity contribution is -0.157. The van der Waals surface area contributed by atoms with Crippen LogP contribution in [0.1, 0.15) is 17.2 Å². The maximum atomic E-state index is 12.4. The molecule has 6 heteroatoms. The average molecular weight is 205 g/mol. The van der Waals surface area contributed by atoms with Gasteiger partial charge in [0, 0.05) is 12.4 Å². The smallest absolute Gasteiger partial charge is 0.271 e. The fourth-order valence-corrected chi connectivity index (χ4v) is 1.12. The van der Waals surface area contributed by atoms with E-state index >= 15 is 0 Å². The summed E-state index contributed by atoms with van der Waals surface area (Å²) >= 11 is 0. The third-order valence-corrected chi connectivity index (χ3v) is 1.72. The highest BCUT2D eigenvalue weighted by Gasteiger charge is 2.40. The number of aromatic nitrogens is 1. The number of hydrogen-bond donors (Lipinski definition) is 2. The Morgan fingerprint density at radius 2 is 2.07 bits per heavy atom. The van der Waals surface area contributed by atoms with E-state index in [0.717, 1.165) is 6.20 Å². The van der Waals surface area contributed by atoms with Gasteiger partial charge in [-0.25, -0.2) is 5.43 Å². The molecular formula is C8H10F3N3. The van der Waals surface area contributed by atoms with Gasteiger partial charge in [0.15, 0.2) is 0 Å². The van der Waals surface area contributed by atoms with E-state index < -0.39 is 12.2 Å². The van der Waals surface area contributed by atoms with Gasteiger partial charge in [-0.05, 0) is 18.1 Å². The quantitative estimate of drug-likeness (QED) is 0.567. The second-order valence-electron chi connectivity index (χ2n) is 2.94. The second kappa shape index (κ2) is 3.93. The molecule has 3 N–H and O–H groups in total. The molecule has 1 atom stereocenters. The van der Waals surface area contributed by atoms with Crippen molar-refractivity contribution < 1.29 is 13.2 Å². The minimum Gasteiger partial charge on any atom is -0.271 e. The first-order valence-corrected chi connectivity index (χ1v) is 3.89. The van der Waals surface area contributed by atoms with Gasteiger partial charge in [0.05, 0.1) is 0 Å². The van der Waals surface area contributed by atoms with Gasteiger partial charge in [0.25, 0.3) is 0 Å². The summed E-state index contributed by atoms with van der Waals surface area (Å²) in [5.74, 6) is 4.84. The molecule has 0 aliphatic heterocycles. The lowest BCUT2D eigenvalue weighted by Crippen LogP contribution is -2.38. The van der Waals surface area contributed by atoms with Gasteiger partial charge < -0.3 is 0 Å². The van der Waals surface area contributed by atoms with Crippen LogP contribution in [0, 0.1) is 6.92 Å². The van der Waals surface area contributed by atoms with Gasteiger partial charge in [-0.3, -0.25) is 10.8 Å². The summed E-state index contributed by atoms with van der Waals surface area (Å²) in [5, 5.41) is 0. The zero-order valence-corrected chi connectivity index (χ0v) is 7.47. The zero-order chi connectivity index (χ0) is 10.8. The first-order chi connectivity index (χ1) is 6.45. The summed E-state index contributed by atoms with van der Waals surface area (Å²) in [6.07, 6.45) is -1.79. The van der Waals surface area contributed by atoms with E-state index in [9.17, 15) is 13.2 Å². The van der Waals surface area contributed by atoms with Crippen LogP contribution >= 0.6 is 0 Å². The molecule has 0 aromatic carbocycles. The van der Waals surface area contributed by atoms with Crippen molar-refractivity contribution in [3.05, 3.63) is 29.6 Å². The van der Waals surface area contributed by atoms with Crippen LogP contribution in [0.25, 0.3) is 0 Å². The van der Waals surface area contributed by atoms with Crippen LogP contribution in [-0.2, 0) is 0 Å². The molecule has 0 aliphatic rings. The van der Waals surface area contributed by atoms with E-state index in [-0.39, 0.29) is 5.56 Å². The summed E-state index contributed by atoms with van der Waals surface area (Å²) in [4.78, 5) is 3.67. The second-order valence-corrected chi connectivity index (χ2v) is 2.94. The van der Waals surface area contributed by atoms with Crippen LogP contribution in [0.4, 0.5) is 13.2 Å². The van der Waals surface area contributed by atoms with Crippen molar-refractivity contribution >= 4 is 0 Å². The van der Waals surface area contributed by atoms with E-state index in [0.29, 0.717) is 5.56 Å². The number of hydrogen-bond acceptors (Lipinski definition) is 3. The Labute approximate surface area is 79.1 Å². The third-order valence-electron chi connectivity index (χ3n) is 1.72. The van der Waals surface area contributed by atoms with Gasteiger partial charge in [-0.15, -0.1) is 0 Å². The van der Waals surface area contributed by atoms with Gasteiger partial charge in [0.2, 0.25) is 0 Å². The SMILES string of the molecule is Cc1cncc(C(NN)C(F)(F)F)c1. The number of hydrazine groups is 1. The van der Waals surface area contributed by atoms with Crippen LogP contribution in [0.3, 0.4) is 0 Å². The molecule has 0 saturated heterocycles. The van der Waals surface area contributed by atoms with Crippen molar-refractivity contribution in [2.24, 2.45) is 5.84 Å². The highest BCUT2D eigenvalue weighted by atomic mass is 19.4. The first-order valence-electron chi connectivity index (χ1n) is 3.89. The van der Waals surface area contributed by atoms with Crippen LogP contribution in [-0.4, -0.2) is 11.2 Å². The number of alkyl halides is 3. The topological polar surface area (TPSA) is 50.9 Å². The standard InChI is InChI=1S/C8H10F3N3/c1-5-2-6(4-13-3-5)7(14-12)8(9,10)11/h2-4,7,14H,12H2,1H3. The Morgan fingerprint density at radius 3 is 2.50 bits per heavy atom. The lowest BCUT2D eigenvalue weighted by atomic mass is 10.1. The molecular weight excluding hydrogens is 195 g/mol. The van der Waals surface area contributed by atoms with Gasteiger partial charge in [-0.1, -0.05) is 6.07 Å². The Morgan fingerprint density at radius 1 is 1.43 bits per heavy atom. The van der Waals surface area contributed by atoms with Crippen LogP contribution in [0.5, 0.6) is 0 Å². The Balaban J connectivity index is 3.01. The summed E-state index contributed by atoms with van der Waals surface area (Å²) in [6.45, 7) is 1.67. The summed E-state index contributed by atoms with van der Waals surface area (Å²) in [6, 6.07) is -0.472. The maximum Gasteiger partial charge on any atom is 0.409 e. The molecule has 0 fully saturated rings. The van der Waals surface area contributed by atoms with Crippen LogP contribution in [0.15, 0.2) is 18.5 Å². The molecule has 3 nitrogen and oxygen atoms in total. The molecule has 78 valence electrons. The monoisotopic (exact) mass is 205 g/mol. The number of aryl methyl sites for hydroxylation is 1. The molecule has 1 aromatic heterocycles. The molecule has 0 amide bonds. The summed E-state index contributed by atoms with van der Waals surface area (Å²) in [7, 11) is 0. The van der Waals surface area contributed by atoms with E-state index in [1.807, 2.05) is 0 Å². The predicted molar refractivity (Wildman–Crippen MR) is 45.1 cm³/mol. The fourth-order valence-electron chi connectivity index (χ4n) is 1.12. The minimum atomic E-state index is -4.41. The Kier molecular flexibility index (Phi) is 3.07. The number of nitrogens with two attached hydrogens (primary N) is 1. The van der Waals surface area contributed by atoms with Crippen LogP contribution < -0.4 is 11.3 Å². The maximum absolute atomic E-state index is 12.4. The number of halogens is 3. The Hall–Kier alpha value is -1.14. The molecule has 1 rings (SSSR count). The van der Waals surface area contributed by atoms with Gasteiger partial charge in [0.1, 0.15) is 6.04 Å². The van der Waals surface area contributed by atoms with Gasteiger partial charge in [-0.2, -0.15) is 13.2 Å². The highest BCUT2D eigenvalue weighted by Crippen LogP contribution is 2.31. The van der Waals surface area contributed by atoms with Crippen molar-refractivity contribution in [3.63, 3.8) is 0 Å². The molecule has 1 unspecified atom stereocenters. The van der Waals surface area contributed by atoms with Crippen molar-refractivity contribution in [2.45, 2.75) is 19.1 Å². The first kappa shape index (κ1) is 10.9. The van der Waals surface area contributed by atoms with Crippen molar-refractivity contribution in [3.8, 4) is 0 Å². The zero-order valence-electron chi connectivity index (χ0n) is 7.47. The van der Waals surface area contributed by atoms with Crippen LogP contribution in [0.2, 0.25) is 0 Å². The molecule has 0 aliphatic carbocycles. The number of rotatable bonds is 2. The summed E-state index contributed by atoms with van der Waals surface area (Å²) < 4.78 is 37.1. The lowest BCUT2D eigenvalue weighted by Gasteiger charge is -2.19. The van der Waals surface area contributed by atoms with E-state index in [2.05, 4.69) is 4.98 Å². The molecule has 14 heavy (non-hydrogen) atoms. The number of pyridine rings is 1. The normalized spacial score (nSPS) is 14.1. The number of nitrogens with zero attached hydrogens (tertiary/aromatic N) is 1. The molecule has 1 heterocycles. The van der Waals surface area contributed by atoms with Crippen molar-refractivity contribution in [1.82, 2.24) is 10.4 Å². The largest absolute Gasteiger partial charge is 0.409 e. The highest BCUT2D eigenvalue weighted by molar-refractivity contribution is 5.21. The van der Waals surface area contributed by atoms with Crippen molar-refractivity contribution in [2.75, 3.05) is 0 Å². The van der Waals surface area contributed by atoms with E-state index in [1.54, 1.807) is 12.3 Å². The molecule has 0 bridgehead atoms. The van der Waals surface area contributed by atoms with Gasteiger partial charge >= 0.3 is 6.18 Å². The third kappa shape index (κ3) is 2.43.